The molecule has 1 N–H and O–H groups in total. The van der Waals surface area contributed by atoms with Crippen molar-refractivity contribution >= 4 is 17.2 Å². The van der Waals surface area contributed by atoms with Gasteiger partial charge in [0.05, 0.1) is 0 Å². The molecule has 2 unspecified atom stereocenters. The van der Waals surface area contributed by atoms with Crippen LogP contribution in [0.4, 0.5) is 0 Å². The first-order chi connectivity index (χ1) is 12.1. The highest BCUT2D eigenvalue weighted by atomic mass is 32.1. The van der Waals surface area contributed by atoms with Gasteiger partial charge in [-0.05, 0) is 43.8 Å². The summed E-state index contributed by atoms with van der Waals surface area (Å²) in [6.45, 7) is 1.85. The lowest BCUT2D eigenvalue weighted by Gasteiger charge is -2.38. The van der Waals surface area contributed by atoms with Crippen molar-refractivity contribution in [1.29, 1.82) is 0 Å². The summed E-state index contributed by atoms with van der Waals surface area (Å²) in [4.78, 5) is 16.1. The lowest BCUT2D eigenvalue weighted by molar-refractivity contribution is -0.121. The van der Waals surface area contributed by atoms with Gasteiger partial charge in [0.15, 0.2) is 5.66 Å². The van der Waals surface area contributed by atoms with E-state index in [0.29, 0.717) is 31.2 Å². The van der Waals surface area contributed by atoms with Crippen molar-refractivity contribution in [3.05, 3.63) is 22.4 Å². The molecule has 1 saturated heterocycles. The van der Waals surface area contributed by atoms with Crippen LogP contribution in [0.5, 0.6) is 0 Å². The van der Waals surface area contributed by atoms with Crippen LogP contribution in [-0.4, -0.2) is 36.6 Å². The first-order valence-corrected chi connectivity index (χ1v) is 9.89. The zero-order chi connectivity index (χ0) is 17.7. The van der Waals surface area contributed by atoms with Gasteiger partial charge in [-0.15, -0.1) is 23.7 Å². The zero-order valence-electron chi connectivity index (χ0n) is 14.8. The molecule has 1 amide bonds. The Kier molecular flexibility index (Phi) is 5.87. The molecule has 2 atom stereocenters. The largest absolute Gasteiger partial charge is 0.356 e. The molecule has 0 bridgehead atoms. The number of amides is 1. The number of hydrogen-bond acceptors (Lipinski definition) is 5. The highest BCUT2D eigenvalue weighted by molar-refractivity contribution is 7.10. The van der Waals surface area contributed by atoms with Gasteiger partial charge in [0.1, 0.15) is 0 Å². The van der Waals surface area contributed by atoms with Crippen LogP contribution in [0.2, 0.25) is 0 Å². The number of carbonyl (C=O) groups excluding carboxylic acids is 1. The molecule has 0 radical (unpaired) electrons. The molecule has 3 rings (SSSR count). The molecule has 5 nitrogen and oxygen atoms in total. The van der Waals surface area contributed by atoms with Gasteiger partial charge in [0.2, 0.25) is 5.91 Å². The van der Waals surface area contributed by atoms with Crippen LogP contribution in [0.3, 0.4) is 0 Å². The van der Waals surface area contributed by atoms with Crippen molar-refractivity contribution in [2.75, 3.05) is 20.1 Å². The van der Waals surface area contributed by atoms with Gasteiger partial charge >= 0.3 is 0 Å². The van der Waals surface area contributed by atoms with E-state index in [0.717, 1.165) is 25.9 Å². The Morgan fingerprint density at radius 2 is 2.36 bits per heavy atom. The summed E-state index contributed by atoms with van der Waals surface area (Å²) in [6.07, 6.45) is 10.2. The standard InChI is InChI=1S/C19H26N4OS/c1-3-4-10-19(21-22-19)11-9-17(24)20-14-15-7-5-12-23(2)18(15)16-8-6-13-25-16/h1,6,8,13,15,18H,4-5,7,9-12,14H2,2H3,(H,20,24). The second-order valence-corrected chi connectivity index (χ2v) is 8.01. The third kappa shape index (κ3) is 4.68. The van der Waals surface area contributed by atoms with Crippen molar-refractivity contribution in [3.63, 3.8) is 0 Å². The van der Waals surface area contributed by atoms with Crippen LogP contribution in [0.1, 0.15) is 49.4 Å². The summed E-state index contributed by atoms with van der Waals surface area (Å²) in [6, 6.07) is 4.72. The Labute approximate surface area is 153 Å². The summed E-state index contributed by atoms with van der Waals surface area (Å²) >= 11 is 1.81. The molecular formula is C19H26N4OS. The number of terminal acetylenes is 1. The van der Waals surface area contributed by atoms with Crippen molar-refractivity contribution < 1.29 is 4.79 Å². The molecule has 0 saturated carbocycles. The fourth-order valence-electron chi connectivity index (χ4n) is 3.70. The molecule has 2 aliphatic rings. The number of nitrogens with zero attached hydrogens (tertiary/aromatic N) is 3. The average molecular weight is 359 g/mol. The quantitative estimate of drug-likeness (QED) is 0.722. The van der Waals surface area contributed by atoms with Crippen molar-refractivity contribution in [3.8, 4) is 12.3 Å². The highest BCUT2D eigenvalue weighted by Gasteiger charge is 2.39. The SMILES string of the molecule is C#CCCC1(CCC(=O)NCC2CCCN(C)C2c2cccs2)N=N1. The van der Waals surface area contributed by atoms with Gasteiger partial charge in [0, 0.05) is 43.1 Å². The summed E-state index contributed by atoms with van der Waals surface area (Å²) in [5, 5.41) is 13.5. The molecular weight excluding hydrogens is 332 g/mol. The molecule has 0 spiro atoms. The third-order valence-corrected chi connectivity index (χ3v) is 6.15. The molecule has 134 valence electrons. The summed E-state index contributed by atoms with van der Waals surface area (Å²) in [5.74, 6) is 3.18. The van der Waals surface area contributed by atoms with E-state index in [1.165, 1.54) is 11.3 Å². The lowest BCUT2D eigenvalue weighted by Crippen LogP contribution is -2.41. The first kappa shape index (κ1) is 18.1. The summed E-state index contributed by atoms with van der Waals surface area (Å²) in [7, 11) is 2.18. The number of likely N-dealkylation sites (tertiary alicyclic amines) is 1. The van der Waals surface area contributed by atoms with Crippen LogP contribution in [0.15, 0.2) is 27.7 Å². The number of hydrogen-bond donors (Lipinski definition) is 1. The number of thiophene rings is 1. The van der Waals surface area contributed by atoms with E-state index >= 15 is 0 Å². The predicted octanol–water partition coefficient (Wildman–Crippen LogP) is 3.60. The van der Waals surface area contributed by atoms with Gasteiger partial charge in [0.25, 0.3) is 0 Å². The monoisotopic (exact) mass is 358 g/mol. The van der Waals surface area contributed by atoms with E-state index in [9.17, 15) is 4.79 Å². The normalized spacial score (nSPS) is 24.6. The number of carbonyl (C=O) groups is 1. The first-order valence-electron chi connectivity index (χ1n) is 9.01. The number of piperidine rings is 1. The minimum Gasteiger partial charge on any atom is -0.356 e. The van der Waals surface area contributed by atoms with E-state index in [2.05, 4.69) is 50.9 Å². The Hall–Kier alpha value is -1.71. The van der Waals surface area contributed by atoms with Crippen molar-refractivity contribution in [2.24, 2.45) is 16.1 Å². The maximum Gasteiger partial charge on any atom is 0.220 e. The molecule has 0 aromatic carbocycles. The maximum atomic E-state index is 12.3. The Balaban J connectivity index is 1.47. The van der Waals surface area contributed by atoms with Crippen LogP contribution in [0.25, 0.3) is 0 Å². The van der Waals surface area contributed by atoms with E-state index in [1.807, 2.05) is 0 Å². The third-order valence-electron chi connectivity index (χ3n) is 5.21. The zero-order valence-corrected chi connectivity index (χ0v) is 15.6. The van der Waals surface area contributed by atoms with Crippen LogP contribution < -0.4 is 5.32 Å². The molecule has 2 aliphatic heterocycles. The van der Waals surface area contributed by atoms with Crippen molar-refractivity contribution in [1.82, 2.24) is 10.2 Å². The van der Waals surface area contributed by atoms with E-state index < -0.39 is 0 Å². The van der Waals surface area contributed by atoms with Crippen LogP contribution >= 0.6 is 11.3 Å². The van der Waals surface area contributed by atoms with Crippen molar-refractivity contribution in [2.45, 2.75) is 50.2 Å². The topological polar surface area (TPSA) is 57.1 Å². The van der Waals surface area contributed by atoms with Crippen LogP contribution in [-0.2, 0) is 4.79 Å². The smallest absolute Gasteiger partial charge is 0.220 e. The molecule has 3 heterocycles. The lowest BCUT2D eigenvalue weighted by atomic mass is 9.88. The maximum absolute atomic E-state index is 12.3. The van der Waals surface area contributed by atoms with E-state index in [4.69, 9.17) is 6.42 Å². The summed E-state index contributed by atoms with van der Waals surface area (Å²) < 4.78 is 0. The average Bonchev–Trinajstić information content (AvgIpc) is 3.18. The fraction of sp³-hybridized carbons (Fsp3) is 0.632. The van der Waals surface area contributed by atoms with E-state index in [1.54, 1.807) is 11.3 Å². The van der Waals surface area contributed by atoms with E-state index in [-0.39, 0.29) is 11.6 Å². The summed E-state index contributed by atoms with van der Waals surface area (Å²) in [5.41, 5.74) is -0.367. The molecule has 1 fully saturated rings. The van der Waals surface area contributed by atoms with Gasteiger partial charge in [-0.25, -0.2) is 0 Å². The Morgan fingerprint density at radius 1 is 1.52 bits per heavy atom. The molecule has 25 heavy (non-hydrogen) atoms. The van der Waals surface area contributed by atoms with Gasteiger partial charge in [-0.1, -0.05) is 6.07 Å². The van der Waals surface area contributed by atoms with Gasteiger partial charge in [-0.2, -0.15) is 10.2 Å². The molecule has 6 heteroatoms. The molecule has 1 aromatic heterocycles. The van der Waals surface area contributed by atoms with Gasteiger partial charge in [-0.3, -0.25) is 9.69 Å². The van der Waals surface area contributed by atoms with Crippen LogP contribution in [0, 0.1) is 18.3 Å². The highest BCUT2D eigenvalue weighted by Crippen LogP contribution is 2.38. The minimum atomic E-state index is -0.367. The number of nitrogens with one attached hydrogen (secondary N) is 1. The second kappa shape index (κ2) is 8.11. The number of rotatable bonds is 8. The molecule has 1 aromatic rings. The Bertz CT molecular complexity index is 643. The minimum absolute atomic E-state index is 0.0931. The second-order valence-electron chi connectivity index (χ2n) is 7.03. The fourth-order valence-corrected chi connectivity index (χ4v) is 4.68. The predicted molar refractivity (Wildman–Crippen MR) is 100 cm³/mol. The van der Waals surface area contributed by atoms with Gasteiger partial charge < -0.3 is 5.32 Å². The molecule has 0 aliphatic carbocycles. The Morgan fingerprint density at radius 3 is 3.04 bits per heavy atom.